The Kier molecular flexibility index (Phi) is 7.02. The van der Waals surface area contributed by atoms with Gasteiger partial charge in [0.2, 0.25) is 0 Å². The van der Waals surface area contributed by atoms with E-state index >= 15 is 0 Å². The van der Waals surface area contributed by atoms with E-state index < -0.39 is 10.2 Å². The molecule has 0 atom stereocenters. The molecule has 0 bridgehead atoms. The smallest absolute Gasteiger partial charge is 0.277 e. The van der Waals surface area contributed by atoms with Crippen LogP contribution in [0.4, 0.5) is 10.1 Å². The molecule has 4 N–H and O–H groups in total. The van der Waals surface area contributed by atoms with Gasteiger partial charge in [0.15, 0.2) is 11.5 Å². The molecule has 0 aliphatic rings. The summed E-state index contributed by atoms with van der Waals surface area (Å²) in [6.45, 7) is 3.21. The first-order valence-electron chi connectivity index (χ1n) is 7.49. The van der Waals surface area contributed by atoms with Gasteiger partial charge in [-0.15, -0.1) is 0 Å². The van der Waals surface area contributed by atoms with E-state index in [0.717, 1.165) is 0 Å². The molecule has 0 amide bonds. The molecule has 2 rings (SSSR count). The van der Waals surface area contributed by atoms with Crippen molar-refractivity contribution in [2.24, 2.45) is 10.7 Å². The fourth-order valence-electron chi connectivity index (χ4n) is 1.96. The number of halogens is 2. The Hall–Kier alpha value is -1.64. The minimum atomic E-state index is -3.70. The molecule has 0 radical (unpaired) electrons. The molecular formula is C14H18FIN6O3S. The van der Waals surface area contributed by atoms with Crippen molar-refractivity contribution in [2.45, 2.75) is 30.9 Å². The fourth-order valence-corrected chi connectivity index (χ4v) is 3.57. The molecule has 1 aromatic heterocycles. The van der Waals surface area contributed by atoms with E-state index in [1.807, 2.05) is 22.6 Å². The summed E-state index contributed by atoms with van der Waals surface area (Å²) in [6, 6.07) is 4.07. The minimum absolute atomic E-state index is 0.0247. The van der Waals surface area contributed by atoms with Crippen LogP contribution in [0.1, 0.15) is 30.8 Å². The number of hydrogen-bond donors (Lipinski definition) is 3. The number of alkyl halides is 1. The summed E-state index contributed by atoms with van der Waals surface area (Å²) in [4.78, 5) is 4.17. The molecule has 12 heteroatoms. The highest BCUT2D eigenvalue weighted by Gasteiger charge is 2.18. The standard InChI is InChI=1S/C14H18FIN6O3S/c1-8(2)22-26(23,24)18-7-12-13(21-25-20-12)14(17)19-10-3-4-11(15)9(5-10)6-16/h3-5,8,18,22H,6-7H2,1-2H3,(H2,17,19). The molecule has 0 unspecified atom stereocenters. The van der Waals surface area contributed by atoms with Gasteiger partial charge in [-0.2, -0.15) is 17.9 Å². The third kappa shape index (κ3) is 5.69. The average molecular weight is 496 g/mol. The maximum atomic E-state index is 13.6. The molecule has 2 aromatic rings. The summed E-state index contributed by atoms with van der Waals surface area (Å²) in [5, 5.41) is 7.31. The van der Waals surface area contributed by atoms with Crippen LogP contribution in [0, 0.1) is 5.82 Å². The van der Waals surface area contributed by atoms with E-state index in [1.54, 1.807) is 19.9 Å². The zero-order valence-electron chi connectivity index (χ0n) is 14.0. The van der Waals surface area contributed by atoms with E-state index in [0.29, 0.717) is 15.7 Å². The molecule has 142 valence electrons. The van der Waals surface area contributed by atoms with Crippen molar-refractivity contribution in [3.05, 3.63) is 41.0 Å². The van der Waals surface area contributed by atoms with Gasteiger partial charge in [0.05, 0.1) is 12.2 Å². The molecule has 9 nitrogen and oxygen atoms in total. The van der Waals surface area contributed by atoms with Crippen LogP contribution in [0.3, 0.4) is 0 Å². The number of hydrogen-bond acceptors (Lipinski definition) is 6. The van der Waals surface area contributed by atoms with Crippen molar-refractivity contribution in [3.63, 3.8) is 0 Å². The summed E-state index contributed by atoms with van der Waals surface area (Å²) in [5.74, 6) is -0.351. The molecule has 1 heterocycles. The summed E-state index contributed by atoms with van der Waals surface area (Å²) in [7, 11) is -3.70. The maximum absolute atomic E-state index is 13.6. The highest BCUT2D eigenvalue weighted by Crippen LogP contribution is 2.20. The molecular weight excluding hydrogens is 478 g/mol. The van der Waals surface area contributed by atoms with Crippen LogP contribution >= 0.6 is 22.6 Å². The van der Waals surface area contributed by atoms with E-state index in [1.165, 1.54) is 12.1 Å². The van der Waals surface area contributed by atoms with Crippen LogP contribution in [0.2, 0.25) is 0 Å². The van der Waals surface area contributed by atoms with Crippen molar-refractivity contribution < 1.29 is 17.4 Å². The summed E-state index contributed by atoms with van der Waals surface area (Å²) >= 11 is 2.04. The predicted molar refractivity (Wildman–Crippen MR) is 103 cm³/mol. The lowest BCUT2D eigenvalue weighted by molar-refractivity contribution is 0.302. The van der Waals surface area contributed by atoms with Crippen molar-refractivity contribution in [3.8, 4) is 0 Å². The van der Waals surface area contributed by atoms with E-state index in [-0.39, 0.29) is 35.6 Å². The first kappa shape index (κ1) is 20.7. The fraction of sp³-hybridized carbons (Fsp3) is 0.357. The van der Waals surface area contributed by atoms with E-state index in [4.69, 9.17) is 5.73 Å². The molecule has 26 heavy (non-hydrogen) atoms. The summed E-state index contributed by atoms with van der Waals surface area (Å²) in [6.07, 6.45) is 0. The van der Waals surface area contributed by atoms with Gasteiger partial charge in [-0.25, -0.2) is 14.0 Å². The Labute approximate surface area is 163 Å². The van der Waals surface area contributed by atoms with Gasteiger partial charge < -0.3 is 5.73 Å². The van der Waals surface area contributed by atoms with Gasteiger partial charge >= 0.3 is 0 Å². The number of amidine groups is 1. The van der Waals surface area contributed by atoms with Gasteiger partial charge in [0, 0.05) is 10.5 Å². The zero-order chi connectivity index (χ0) is 19.3. The Morgan fingerprint density at radius 1 is 1.42 bits per heavy atom. The second kappa shape index (κ2) is 8.83. The van der Waals surface area contributed by atoms with Crippen molar-refractivity contribution in [2.75, 3.05) is 0 Å². The number of benzene rings is 1. The molecule has 0 saturated heterocycles. The van der Waals surface area contributed by atoms with Gasteiger partial charge in [-0.3, -0.25) is 0 Å². The number of rotatable bonds is 8. The number of aromatic nitrogens is 2. The Morgan fingerprint density at radius 2 is 2.15 bits per heavy atom. The largest absolute Gasteiger partial charge is 0.382 e. The quantitative estimate of drug-likeness (QED) is 0.220. The molecule has 0 saturated carbocycles. The SMILES string of the molecule is CC(C)NS(=O)(=O)NCc1nonc1C(N)=Nc1ccc(F)c(CI)c1. The number of aliphatic imine (C=N–C) groups is 1. The number of nitrogens with one attached hydrogen (secondary N) is 2. The lowest BCUT2D eigenvalue weighted by Crippen LogP contribution is -2.40. The van der Waals surface area contributed by atoms with Crippen LogP contribution < -0.4 is 15.2 Å². The van der Waals surface area contributed by atoms with Crippen LogP contribution in [-0.4, -0.2) is 30.6 Å². The van der Waals surface area contributed by atoms with Gasteiger partial charge in [-0.1, -0.05) is 27.7 Å². The topological polar surface area (TPSA) is 136 Å². The monoisotopic (exact) mass is 496 g/mol. The first-order chi connectivity index (χ1) is 12.2. The Morgan fingerprint density at radius 3 is 2.81 bits per heavy atom. The molecule has 0 fully saturated rings. The average Bonchev–Trinajstić information content (AvgIpc) is 3.02. The normalized spacial score (nSPS) is 12.7. The Balaban J connectivity index is 2.19. The van der Waals surface area contributed by atoms with Crippen LogP contribution in [0.15, 0.2) is 27.8 Å². The predicted octanol–water partition coefficient (Wildman–Crippen LogP) is 1.51. The second-order valence-corrected chi connectivity index (χ2v) is 7.86. The summed E-state index contributed by atoms with van der Waals surface area (Å²) < 4.78 is 47.0. The van der Waals surface area contributed by atoms with Gasteiger partial charge in [0.1, 0.15) is 11.5 Å². The van der Waals surface area contributed by atoms with E-state index in [2.05, 4.69) is 29.4 Å². The van der Waals surface area contributed by atoms with E-state index in [9.17, 15) is 12.8 Å². The van der Waals surface area contributed by atoms with Crippen LogP contribution in [0.25, 0.3) is 0 Å². The van der Waals surface area contributed by atoms with Crippen molar-refractivity contribution in [1.29, 1.82) is 0 Å². The minimum Gasteiger partial charge on any atom is -0.382 e. The van der Waals surface area contributed by atoms with Gasteiger partial charge in [-0.05, 0) is 42.8 Å². The van der Waals surface area contributed by atoms with Crippen molar-refractivity contribution >= 4 is 44.3 Å². The summed E-state index contributed by atoms with van der Waals surface area (Å²) in [5.41, 5.74) is 7.14. The maximum Gasteiger partial charge on any atom is 0.277 e. The van der Waals surface area contributed by atoms with Crippen LogP contribution in [0.5, 0.6) is 0 Å². The number of nitrogens with zero attached hydrogens (tertiary/aromatic N) is 3. The molecule has 1 aromatic carbocycles. The first-order valence-corrected chi connectivity index (χ1v) is 10.5. The third-order valence-electron chi connectivity index (χ3n) is 3.04. The second-order valence-electron chi connectivity index (χ2n) is 5.56. The van der Waals surface area contributed by atoms with Crippen LogP contribution in [-0.2, 0) is 21.2 Å². The van der Waals surface area contributed by atoms with Crippen molar-refractivity contribution in [1.82, 2.24) is 19.8 Å². The highest BCUT2D eigenvalue weighted by molar-refractivity contribution is 14.1. The molecule has 0 aliphatic heterocycles. The molecule has 0 spiro atoms. The Bertz CT molecular complexity index is 900. The molecule has 0 aliphatic carbocycles. The lowest BCUT2D eigenvalue weighted by atomic mass is 10.2. The van der Waals surface area contributed by atoms with Gasteiger partial charge in [0.25, 0.3) is 10.2 Å². The lowest BCUT2D eigenvalue weighted by Gasteiger charge is -2.09. The highest BCUT2D eigenvalue weighted by atomic mass is 127. The zero-order valence-corrected chi connectivity index (χ0v) is 17.0. The number of nitrogens with two attached hydrogens (primary N) is 1. The third-order valence-corrected chi connectivity index (χ3v) is 5.17.